The van der Waals surface area contributed by atoms with Gasteiger partial charge >= 0.3 is 5.97 Å². The molecule has 3 amide bonds. The molecule has 0 bridgehead atoms. The predicted molar refractivity (Wildman–Crippen MR) is 108 cm³/mol. The zero-order chi connectivity index (χ0) is 21.3. The number of rotatable bonds is 6. The molecular weight excluding hydrogens is 386 g/mol. The van der Waals surface area contributed by atoms with Crippen LogP contribution in [0, 0.1) is 0 Å². The Kier molecular flexibility index (Phi) is 5.22. The summed E-state index contributed by atoms with van der Waals surface area (Å²) in [5.74, 6) is -1.14. The minimum absolute atomic E-state index is 0.142. The minimum Gasteiger partial charge on any atom is -0.468 e. The summed E-state index contributed by atoms with van der Waals surface area (Å²) in [6.45, 7) is 0.102. The highest BCUT2D eigenvalue weighted by Crippen LogP contribution is 2.45. The SMILES string of the molecule is COC(=O)CNC(=O)CCCN1C(=O)c2ccccc2N2C(=O)c3ccccc3C12. The van der Waals surface area contributed by atoms with E-state index in [1.807, 2.05) is 12.1 Å². The maximum atomic E-state index is 13.2. The van der Waals surface area contributed by atoms with Crippen LogP contribution in [-0.2, 0) is 14.3 Å². The summed E-state index contributed by atoms with van der Waals surface area (Å²) < 4.78 is 4.49. The summed E-state index contributed by atoms with van der Waals surface area (Å²) >= 11 is 0. The molecule has 2 heterocycles. The lowest BCUT2D eigenvalue weighted by molar-refractivity contribution is -0.141. The Bertz CT molecular complexity index is 1030. The molecule has 8 heteroatoms. The molecule has 30 heavy (non-hydrogen) atoms. The Morgan fingerprint density at radius 2 is 1.70 bits per heavy atom. The molecule has 154 valence electrons. The van der Waals surface area contributed by atoms with E-state index < -0.39 is 12.1 Å². The normalized spacial score (nSPS) is 16.6. The van der Waals surface area contributed by atoms with Gasteiger partial charge in [-0.3, -0.25) is 24.1 Å². The van der Waals surface area contributed by atoms with Crippen LogP contribution >= 0.6 is 0 Å². The number of methoxy groups -OCH3 is 1. The van der Waals surface area contributed by atoms with E-state index in [-0.39, 0.29) is 30.7 Å². The van der Waals surface area contributed by atoms with Crippen molar-refractivity contribution in [2.45, 2.75) is 19.0 Å². The Morgan fingerprint density at radius 1 is 1.00 bits per heavy atom. The van der Waals surface area contributed by atoms with Crippen LogP contribution in [-0.4, -0.2) is 48.8 Å². The van der Waals surface area contributed by atoms with Gasteiger partial charge in [0.2, 0.25) is 5.91 Å². The lowest BCUT2D eigenvalue weighted by atomic mass is 10.0. The monoisotopic (exact) mass is 407 g/mol. The molecule has 1 unspecified atom stereocenters. The third kappa shape index (κ3) is 3.30. The molecule has 0 aliphatic carbocycles. The zero-order valence-corrected chi connectivity index (χ0v) is 16.5. The lowest BCUT2D eigenvalue weighted by Crippen LogP contribution is -2.48. The molecule has 2 aromatic rings. The predicted octanol–water partition coefficient (Wildman–Crippen LogP) is 1.87. The van der Waals surface area contributed by atoms with E-state index >= 15 is 0 Å². The van der Waals surface area contributed by atoms with Crippen molar-refractivity contribution >= 4 is 29.4 Å². The number of fused-ring (bicyclic) bond motifs is 5. The Labute approximate surface area is 173 Å². The first kappa shape index (κ1) is 19.6. The average Bonchev–Trinajstić information content (AvgIpc) is 3.07. The zero-order valence-electron chi connectivity index (χ0n) is 16.5. The average molecular weight is 407 g/mol. The highest BCUT2D eigenvalue weighted by molar-refractivity contribution is 6.16. The van der Waals surface area contributed by atoms with Gasteiger partial charge in [0, 0.05) is 24.1 Å². The quantitative estimate of drug-likeness (QED) is 0.738. The number of carbonyl (C=O) groups excluding carboxylic acids is 4. The third-order valence-corrected chi connectivity index (χ3v) is 5.34. The van der Waals surface area contributed by atoms with E-state index in [4.69, 9.17) is 0 Å². The van der Waals surface area contributed by atoms with Crippen molar-refractivity contribution in [3.8, 4) is 0 Å². The number of hydrogen-bond acceptors (Lipinski definition) is 5. The molecule has 2 aromatic carbocycles. The number of carbonyl (C=O) groups is 4. The second kappa shape index (κ2) is 7.98. The van der Waals surface area contributed by atoms with Crippen molar-refractivity contribution < 1.29 is 23.9 Å². The van der Waals surface area contributed by atoms with E-state index in [1.165, 1.54) is 7.11 Å². The first-order valence-corrected chi connectivity index (χ1v) is 9.69. The van der Waals surface area contributed by atoms with Crippen LogP contribution in [0.3, 0.4) is 0 Å². The van der Waals surface area contributed by atoms with Crippen molar-refractivity contribution in [2.24, 2.45) is 0 Å². The number of esters is 1. The molecule has 0 saturated heterocycles. The summed E-state index contributed by atoms with van der Waals surface area (Å²) in [6.07, 6.45) is 0.000952. The van der Waals surface area contributed by atoms with E-state index in [9.17, 15) is 19.2 Å². The molecule has 4 rings (SSSR count). The molecule has 2 aliphatic heterocycles. The maximum Gasteiger partial charge on any atom is 0.325 e. The van der Waals surface area contributed by atoms with Gasteiger partial charge in [-0.1, -0.05) is 30.3 Å². The van der Waals surface area contributed by atoms with Crippen LogP contribution in [0.15, 0.2) is 48.5 Å². The van der Waals surface area contributed by atoms with Crippen molar-refractivity contribution in [2.75, 3.05) is 25.1 Å². The number of hydrogen-bond donors (Lipinski definition) is 1. The highest BCUT2D eigenvalue weighted by atomic mass is 16.5. The number of ether oxygens (including phenoxy) is 1. The molecule has 1 N–H and O–H groups in total. The fourth-order valence-corrected chi connectivity index (χ4v) is 3.94. The molecule has 0 fully saturated rings. The largest absolute Gasteiger partial charge is 0.468 e. The van der Waals surface area contributed by atoms with Gasteiger partial charge in [0.25, 0.3) is 11.8 Å². The topological polar surface area (TPSA) is 96.0 Å². The summed E-state index contributed by atoms with van der Waals surface area (Å²) in [4.78, 5) is 52.7. The Balaban J connectivity index is 1.56. The van der Waals surface area contributed by atoms with Crippen molar-refractivity contribution in [3.63, 3.8) is 0 Å². The van der Waals surface area contributed by atoms with Gasteiger partial charge in [-0.25, -0.2) is 0 Å². The molecule has 1 atom stereocenters. The Hall–Kier alpha value is -3.68. The van der Waals surface area contributed by atoms with E-state index in [0.29, 0.717) is 29.8 Å². The molecule has 0 radical (unpaired) electrons. The molecule has 8 nitrogen and oxygen atoms in total. The lowest BCUT2D eigenvalue weighted by Gasteiger charge is -2.41. The summed E-state index contributed by atoms with van der Waals surface area (Å²) in [5, 5.41) is 2.49. The maximum absolute atomic E-state index is 13.2. The molecular formula is C22H21N3O5. The standard InChI is InChI=1S/C22H21N3O5/c1-30-19(27)13-23-18(26)11-6-12-24-20-14-7-2-3-8-15(14)22(29)25(20)17-10-5-4-9-16(17)21(24)28/h2-5,7-10,20H,6,11-13H2,1H3,(H,23,26). The third-order valence-electron chi connectivity index (χ3n) is 5.34. The first-order chi connectivity index (χ1) is 14.5. The van der Waals surface area contributed by atoms with Gasteiger partial charge in [0.05, 0.1) is 18.4 Å². The van der Waals surface area contributed by atoms with E-state index in [1.54, 1.807) is 46.2 Å². The number of nitrogens with one attached hydrogen (secondary N) is 1. The Morgan fingerprint density at radius 3 is 2.47 bits per heavy atom. The van der Waals surface area contributed by atoms with Crippen LogP contribution in [0.2, 0.25) is 0 Å². The number of para-hydroxylation sites is 1. The van der Waals surface area contributed by atoms with Gasteiger partial charge in [0.1, 0.15) is 12.7 Å². The van der Waals surface area contributed by atoms with Crippen molar-refractivity contribution in [1.29, 1.82) is 0 Å². The van der Waals surface area contributed by atoms with E-state index in [2.05, 4.69) is 10.1 Å². The fraction of sp³-hybridized carbons (Fsp3) is 0.273. The van der Waals surface area contributed by atoms with Gasteiger partial charge in [0.15, 0.2) is 0 Å². The summed E-state index contributed by atoms with van der Waals surface area (Å²) in [5.41, 5.74) is 2.42. The summed E-state index contributed by atoms with van der Waals surface area (Å²) in [7, 11) is 1.25. The number of benzene rings is 2. The van der Waals surface area contributed by atoms with Gasteiger partial charge in [-0.15, -0.1) is 0 Å². The minimum atomic E-state index is -0.533. The van der Waals surface area contributed by atoms with Gasteiger partial charge in [-0.05, 0) is 24.6 Å². The highest BCUT2D eigenvalue weighted by Gasteiger charge is 2.47. The van der Waals surface area contributed by atoms with E-state index in [0.717, 1.165) is 5.56 Å². The van der Waals surface area contributed by atoms with Crippen LogP contribution in [0.4, 0.5) is 5.69 Å². The fourth-order valence-electron chi connectivity index (χ4n) is 3.94. The van der Waals surface area contributed by atoms with Crippen LogP contribution in [0.1, 0.15) is 45.3 Å². The smallest absolute Gasteiger partial charge is 0.325 e. The van der Waals surface area contributed by atoms with Crippen molar-refractivity contribution in [1.82, 2.24) is 10.2 Å². The van der Waals surface area contributed by atoms with Crippen LogP contribution in [0.25, 0.3) is 0 Å². The molecule has 0 spiro atoms. The van der Waals surface area contributed by atoms with Gasteiger partial charge < -0.3 is 15.0 Å². The molecule has 2 aliphatic rings. The number of nitrogens with zero attached hydrogens (tertiary/aromatic N) is 2. The molecule has 0 aromatic heterocycles. The summed E-state index contributed by atoms with van der Waals surface area (Å²) in [6, 6.07) is 14.3. The second-order valence-electron chi connectivity index (χ2n) is 7.11. The van der Waals surface area contributed by atoms with Crippen LogP contribution in [0.5, 0.6) is 0 Å². The van der Waals surface area contributed by atoms with Crippen LogP contribution < -0.4 is 10.2 Å². The second-order valence-corrected chi connectivity index (χ2v) is 7.11. The number of anilines is 1. The molecule has 0 saturated carbocycles. The van der Waals surface area contributed by atoms with Gasteiger partial charge in [-0.2, -0.15) is 0 Å². The first-order valence-electron chi connectivity index (χ1n) is 9.69. The number of amides is 3. The van der Waals surface area contributed by atoms with Crippen molar-refractivity contribution in [3.05, 3.63) is 65.2 Å².